The highest BCUT2D eigenvalue weighted by molar-refractivity contribution is 7.09. The van der Waals surface area contributed by atoms with Crippen LogP contribution in [0, 0.1) is 6.92 Å². The van der Waals surface area contributed by atoms with Crippen LogP contribution >= 0.6 is 22.9 Å². The van der Waals surface area contributed by atoms with Crippen LogP contribution in [0.5, 0.6) is 0 Å². The van der Waals surface area contributed by atoms with Crippen LogP contribution in [0.1, 0.15) is 16.3 Å². The van der Waals surface area contributed by atoms with Crippen molar-refractivity contribution in [2.45, 2.75) is 26.2 Å². The third kappa shape index (κ3) is 6.02. The van der Waals surface area contributed by atoms with E-state index in [-0.39, 0.29) is 0 Å². The largest absolute Gasteiger partial charge is 0.389 e. The number of hydrogen-bond acceptors (Lipinski definition) is 5. The molecule has 1 aromatic carbocycles. The minimum absolute atomic E-state index is 0.309. The van der Waals surface area contributed by atoms with Crippen LogP contribution in [0.2, 0.25) is 5.02 Å². The van der Waals surface area contributed by atoms with Crippen molar-refractivity contribution in [1.29, 1.82) is 0 Å². The van der Waals surface area contributed by atoms with Gasteiger partial charge in [-0.15, -0.1) is 11.3 Å². The first kappa shape index (κ1) is 17.4. The molecule has 1 aromatic heterocycles. The molecule has 0 saturated carbocycles. The summed E-state index contributed by atoms with van der Waals surface area (Å²) in [4.78, 5) is 6.47. The number of rotatable bonds is 8. The highest BCUT2D eigenvalue weighted by Crippen LogP contribution is 2.11. The van der Waals surface area contributed by atoms with Crippen LogP contribution in [-0.2, 0) is 17.9 Å². The van der Waals surface area contributed by atoms with Crippen molar-refractivity contribution < 1.29 is 9.84 Å². The molecule has 0 fully saturated rings. The molecular formula is C16H21ClN2O2S. The SMILES string of the molecule is Cc1nc(CN(C)CC(O)COCc2ccc(Cl)cc2)cs1. The van der Waals surface area contributed by atoms with E-state index in [0.29, 0.717) is 24.8 Å². The van der Waals surface area contributed by atoms with E-state index in [2.05, 4.69) is 10.4 Å². The molecule has 0 aliphatic rings. The molecule has 1 atom stereocenters. The van der Waals surface area contributed by atoms with Crippen LogP contribution in [0.3, 0.4) is 0 Å². The van der Waals surface area contributed by atoms with E-state index in [1.54, 1.807) is 11.3 Å². The average molecular weight is 341 g/mol. The summed E-state index contributed by atoms with van der Waals surface area (Å²) in [7, 11) is 1.97. The third-order valence-corrected chi connectivity index (χ3v) is 4.19. The lowest BCUT2D eigenvalue weighted by Gasteiger charge is -2.19. The Morgan fingerprint density at radius 1 is 1.36 bits per heavy atom. The van der Waals surface area contributed by atoms with Gasteiger partial charge in [0, 0.05) is 23.5 Å². The zero-order chi connectivity index (χ0) is 15.9. The highest BCUT2D eigenvalue weighted by atomic mass is 35.5. The molecule has 0 radical (unpaired) electrons. The number of halogens is 1. The molecule has 0 bridgehead atoms. The maximum atomic E-state index is 10.0. The number of thiazole rings is 1. The number of hydrogen-bond donors (Lipinski definition) is 1. The Morgan fingerprint density at radius 3 is 2.73 bits per heavy atom. The second-order valence-electron chi connectivity index (χ2n) is 5.35. The molecule has 22 heavy (non-hydrogen) atoms. The molecule has 0 saturated heterocycles. The summed E-state index contributed by atoms with van der Waals surface area (Å²) < 4.78 is 5.54. The summed E-state index contributed by atoms with van der Waals surface area (Å²) in [6.07, 6.45) is -0.517. The van der Waals surface area contributed by atoms with Crippen molar-refractivity contribution in [1.82, 2.24) is 9.88 Å². The summed E-state index contributed by atoms with van der Waals surface area (Å²) in [6.45, 7) is 4.07. The third-order valence-electron chi connectivity index (χ3n) is 3.11. The first-order valence-electron chi connectivity index (χ1n) is 7.12. The first-order chi connectivity index (χ1) is 10.5. The van der Waals surface area contributed by atoms with Gasteiger partial charge in [-0.25, -0.2) is 4.98 Å². The number of aryl methyl sites for hydroxylation is 1. The smallest absolute Gasteiger partial charge is 0.0900 e. The molecule has 2 rings (SSSR count). The number of likely N-dealkylation sites (N-methyl/N-ethyl adjacent to an activating group) is 1. The quantitative estimate of drug-likeness (QED) is 0.802. The topological polar surface area (TPSA) is 45.6 Å². The molecular weight excluding hydrogens is 320 g/mol. The molecule has 4 nitrogen and oxygen atoms in total. The van der Waals surface area contributed by atoms with E-state index in [1.165, 1.54) is 0 Å². The van der Waals surface area contributed by atoms with Crippen LogP contribution in [-0.4, -0.2) is 41.3 Å². The second-order valence-corrected chi connectivity index (χ2v) is 6.85. The fourth-order valence-electron chi connectivity index (χ4n) is 2.13. The minimum atomic E-state index is -0.517. The van der Waals surface area contributed by atoms with Crippen molar-refractivity contribution in [2.24, 2.45) is 0 Å². The number of aliphatic hydroxyl groups excluding tert-OH is 1. The number of aliphatic hydroxyl groups is 1. The molecule has 0 aliphatic heterocycles. The maximum absolute atomic E-state index is 10.0. The Bertz CT molecular complexity index is 574. The normalized spacial score (nSPS) is 12.8. The summed E-state index contributed by atoms with van der Waals surface area (Å²) in [5.41, 5.74) is 2.09. The van der Waals surface area contributed by atoms with Crippen molar-refractivity contribution in [2.75, 3.05) is 20.2 Å². The Morgan fingerprint density at radius 2 is 2.09 bits per heavy atom. The maximum Gasteiger partial charge on any atom is 0.0900 e. The van der Waals surface area contributed by atoms with E-state index in [0.717, 1.165) is 22.8 Å². The molecule has 0 aliphatic carbocycles. The van der Waals surface area contributed by atoms with Crippen LogP contribution < -0.4 is 0 Å². The fraction of sp³-hybridized carbons (Fsp3) is 0.438. The Balaban J connectivity index is 1.66. The van der Waals surface area contributed by atoms with Gasteiger partial charge in [0.05, 0.1) is 30.0 Å². The molecule has 1 N–H and O–H groups in total. The van der Waals surface area contributed by atoms with Gasteiger partial charge in [0.25, 0.3) is 0 Å². The molecule has 0 amide bonds. The van der Waals surface area contributed by atoms with Crippen molar-refractivity contribution in [3.05, 3.63) is 50.9 Å². The van der Waals surface area contributed by atoms with E-state index < -0.39 is 6.10 Å². The van der Waals surface area contributed by atoms with Gasteiger partial charge in [0.15, 0.2) is 0 Å². The van der Waals surface area contributed by atoms with Gasteiger partial charge in [-0.05, 0) is 31.7 Å². The van der Waals surface area contributed by atoms with Gasteiger partial charge >= 0.3 is 0 Å². The first-order valence-corrected chi connectivity index (χ1v) is 8.38. The monoisotopic (exact) mass is 340 g/mol. The molecule has 6 heteroatoms. The zero-order valence-corrected chi connectivity index (χ0v) is 14.4. The lowest BCUT2D eigenvalue weighted by Crippen LogP contribution is -2.32. The second kappa shape index (κ2) is 8.60. The number of nitrogens with zero attached hydrogens (tertiary/aromatic N) is 2. The van der Waals surface area contributed by atoms with Crippen molar-refractivity contribution in [3.63, 3.8) is 0 Å². The Kier molecular flexibility index (Phi) is 6.79. The number of aromatic nitrogens is 1. The number of benzene rings is 1. The summed E-state index contributed by atoms with van der Waals surface area (Å²) in [5.74, 6) is 0. The van der Waals surface area contributed by atoms with E-state index in [9.17, 15) is 5.11 Å². The highest BCUT2D eigenvalue weighted by Gasteiger charge is 2.10. The van der Waals surface area contributed by atoms with Crippen LogP contribution in [0.15, 0.2) is 29.6 Å². The summed E-state index contributed by atoms with van der Waals surface area (Å²) in [5, 5.41) is 13.8. The molecule has 120 valence electrons. The van der Waals surface area contributed by atoms with Gasteiger partial charge in [-0.1, -0.05) is 23.7 Å². The lowest BCUT2D eigenvalue weighted by atomic mass is 10.2. The zero-order valence-electron chi connectivity index (χ0n) is 12.8. The summed E-state index contributed by atoms with van der Waals surface area (Å²) >= 11 is 7.47. The molecule has 1 heterocycles. The van der Waals surface area contributed by atoms with Gasteiger partial charge in [0.2, 0.25) is 0 Å². The van der Waals surface area contributed by atoms with Crippen molar-refractivity contribution >= 4 is 22.9 Å². The van der Waals surface area contributed by atoms with E-state index >= 15 is 0 Å². The lowest BCUT2D eigenvalue weighted by molar-refractivity contribution is 0.0126. The minimum Gasteiger partial charge on any atom is -0.389 e. The number of ether oxygens (including phenoxy) is 1. The molecule has 1 unspecified atom stereocenters. The Labute approximate surface area is 140 Å². The van der Waals surface area contributed by atoms with Gasteiger partial charge in [0.1, 0.15) is 0 Å². The molecule has 2 aromatic rings. The van der Waals surface area contributed by atoms with Gasteiger partial charge in [-0.2, -0.15) is 0 Å². The van der Waals surface area contributed by atoms with Crippen molar-refractivity contribution in [3.8, 4) is 0 Å². The fourth-order valence-corrected chi connectivity index (χ4v) is 2.86. The summed E-state index contributed by atoms with van der Waals surface area (Å²) in [6, 6.07) is 7.51. The predicted octanol–water partition coefficient (Wildman–Crippen LogP) is 3.11. The molecule has 0 spiro atoms. The van der Waals surface area contributed by atoms with E-state index in [1.807, 2.05) is 43.1 Å². The van der Waals surface area contributed by atoms with Crippen LogP contribution in [0.4, 0.5) is 0 Å². The predicted molar refractivity (Wildman–Crippen MR) is 90.3 cm³/mol. The van der Waals surface area contributed by atoms with Crippen LogP contribution in [0.25, 0.3) is 0 Å². The Hall–Kier alpha value is -0.980. The standard InChI is InChI=1S/C16H21ClN2O2S/c1-12-18-15(11-22-12)7-19(2)8-16(20)10-21-9-13-3-5-14(17)6-4-13/h3-6,11,16,20H,7-10H2,1-2H3. The average Bonchev–Trinajstić information content (AvgIpc) is 2.86. The van der Waals surface area contributed by atoms with Gasteiger partial charge in [-0.3, -0.25) is 4.90 Å². The van der Waals surface area contributed by atoms with Gasteiger partial charge < -0.3 is 9.84 Å². The van der Waals surface area contributed by atoms with E-state index in [4.69, 9.17) is 16.3 Å².